The zero-order valence-electron chi connectivity index (χ0n) is 10.6. The van der Waals surface area contributed by atoms with Crippen LogP contribution in [0.15, 0.2) is 22.9 Å². The molecule has 20 heavy (non-hydrogen) atoms. The van der Waals surface area contributed by atoms with Crippen molar-refractivity contribution in [3.8, 4) is 0 Å². The fourth-order valence-corrected chi connectivity index (χ4v) is 2.85. The van der Waals surface area contributed by atoms with Crippen molar-refractivity contribution >= 4 is 21.8 Å². The molecule has 3 nitrogen and oxygen atoms in total. The molecule has 7 heteroatoms. The lowest BCUT2D eigenvalue weighted by Gasteiger charge is -2.33. The Kier molecular flexibility index (Phi) is 4.67. The van der Waals surface area contributed by atoms with E-state index in [1.165, 1.54) is 18.5 Å². The third-order valence-electron chi connectivity index (χ3n) is 3.47. The molecule has 2 unspecified atom stereocenters. The molecule has 0 saturated heterocycles. The Morgan fingerprint density at radius 1 is 1.30 bits per heavy atom. The molecule has 1 aliphatic carbocycles. The number of amides is 1. The lowest BCUT2D eigenvalue weighted by Crippen LogP contribution is -2.47. The van der Waals surface area contributed by atoms with Gasteiger partial charge in [-0.05, 0) is 34.8 Å². The number of halogens is 4. The van der Waals surface area contributed by atoms with E-state index in [9.17, 15) is 18.0 Å². The first kappa shape index (κ1) is 15.3. The molecule has 110 valence electrons. The van der Waals surface area contributed by atoms with Crippen molar-refractivity contribution in [2.75, 3.05) is 0 Å². The molecule has 1 N–H and O–H groups in total. The van der Waals surface area contributed by atoms with Crippen LogP contribution in [-0.2, 0) is 0 Å². The van der Waals surface area contributed by atoms with Gasteiger partial charge in [0.25, 0.3) is 5.91 Å². The van der Waals surface area contributed by atoms with Crippen molar-refractivity contribution in [3.63, 3.8) is 0 Å². The monoisotopic (exact) mass is 350 g/mol. The van der Waals surface area contributed by atoms with E-state index in [0.29, 0.717) is 23.7 Å². The molecule has 1 fully saturated rings. The Morgan fingerprint density at radius 3 is 2.65 bits per heavy atom. The number of rotatable bonds is 2. The van der Waals surface area contributed by atoms with E-state index in [4.69, 9.17) is 0 Å². The molecule has 1 heterocycles. The van der Waals surface area contributed by atoms with E-state index >= 15 is 0 Å². The summed E-state index contributed by atoms with van der Waals surface area (Å²) in [5.41, 5.74) is 0.255. The van der Waals surface area contributed by atoms with Gasteiger partial charge in [-0.25, -0.2) is 0 Å². The van der Waals surface area contributed by atoms with Gasteiger partial charge in [-0.3, -0.25) is 9.78 Å². The van der Waals surface area contributed by atoms with Crippen LogP contribution in [-0.4, -0.2) is 23.1 Å². The summed E-state index contributed by atoms with van der Waals surface area (Å²) in [5.74, 6) is -1.97. The van der Waals surface area contributed by atoms with Crippen LogP contribution in [0.1, 0.15) is 36.0 Å². The molecule has 1 aromatic rings. The minimum absolute atomic E-state index is 0.0746. The van der Waals surface area contributed by atoms with Gasteiger partial charge in [0.15, 0.2) is 0 Å². The lowest BCUT2D eigenvalue weighted by molar-refractivity contribution is -0.187. The average Bonchev–Trinajstić information content (AvgIpc) is 2.38. The standard InChI is InChI=1S/C13H14BrF3N2O/c14-9-5-8(6-18-7-9)12(20)19-11-4-2-1-3-10(11)13(15,16)17/h5-7,10-11H,1-4H2,(H,19,20). The van der Waals surface area contributed by atoms with Gasteiger partial charge in [0.1, 0.15) is 0 Å². The number of hydrogen-bond acceptors (Lipinski definition) is 2. The van der Waals surface area contributed by atoms with E-state index in [1.54, 1.807) is 0 Å². The summed E-state index contributed by atoms with van der Waals surface area (Å²) in [6.45, 7) is 0. The zero-order valence-corrected chi connectivity index (χ0v) is 12.2. The van der Waals surface area contributed by atoms with Gasteiger partial charge in [0, 0.05) is 22.9 Å². The highest BCUT2D eigenvalue weighted by atomic mass is 79.9. The maximum atomic E-state index is 12.9. The van der Waals surface area contributed by atoms with Gasteiger partial charge in [-0.2, -0.15) is 13.2 Å². The third kappa shape index (κ3) is 3.71. The van der Waals surface area contributed by atoms with Crippen molar-refractivity contribution in [1.29, 1.82) is 0 Å². The molecule has 1 saturated carbocycles. The highest BCUT2D eigenvalue weighted by Gasteiger charge is 2.45. The van der Waals surface area contributed by atoms with Crippen molar-refractivity contribution in [1.82, 2.24) is 10.3 Å². The van der Waals surface area contributed by atoms with Crippen molar-refractivity contribution < 1.29 is 18.0 Å². The molecule has 2 rings (SSSR count). The van der Waals surface area contributed by atoms with Crippen molar-refractivity contribution in [2.24, 2.45) is 5.92 Å². The van der Waals surface area contributed by atoms with Crippen molar-refractivity contribution in [2.45, 2.75) is 37.9 Å². The number of pyridine rings is 1. The summed E-state index contributed by atoms with van der Waals surface area (Å²) >= 11 is 3.18. The Hall–Kier alpha value is -1.11. The second-order valence-corrected chi connectivity index (χ2v) is 5.82. The van der Waals surface area contributed by atoms with Crippen LogP contribution in [0.2, 0.25) is 0 Å². The number of alkyl halides is 3. The molecule has 2 atom stereocenters. The second-order valence-electron chi connectivity index (χ2n) is 4.90. The second kappa shape index (κ2) is 6.11. The van der Waals surface area contributed by atoms with Crippen LogP contribution < -0.4 is 5.32 Å². The number of carbonyl (C=O) groups excluding carboxylic acids is 1. The van der Waals surface area contributed by atoms with Crippen molar-refractivity contribution in [3.05, 3.63) is 28.5 Å². The molecule has 0 bridgehead atoms. The van der Waals surface area contributed by atoms with Gasteiger partial charge >= 0.3 is 6.18 Å². The highest BCUT2D eigenvalue weighted by molar-refractivity contribution is 9.10. The quantitative estimate of drug-likeness (QED) is 0.883. The minimum atomic E-state index is -4.27. The summed E-state index contributed by atoms with van der Waals surface area (Å²) < 4.78 is 39.4. The Balaban J connectivity index is 2.09. The van der Waals surface area contributed by atoms with Gasteiger partial charge in [-0.1, -0.05) is 12.8 Å². The number of carbonyl (C=O) groups is 1. The van der Waals surface area contributed by atoms with Crippen LogP contribution in [0.3, 0.4) is 0 Å². The van der Waals surface area contributed by atoms with Gasteiger partial charge in [-0.15, -0.1) is 0 Å². The fourth-order valence-electron chi connectivity index (χ4n) is 2.48. The van der Waals surface area contributed by atoms with Crippen LogP contribution in [0.5, 0.6) is 0 Å². The Labute approximate surface area is 123 Å². The number of hydrogen-bond donors (Lipinski definition) is 1. The highest BCUT2D eigenvalue weighted by Crippen LogP contribution is 2.37. The molecule has 1 aliphatic rings. The summed E-state index contributed by atoms with van der Waals surface area (Å²) in [6.07, 6.45) is 0.265. The normalized spacial score (nSPS) is 23.4. The van der Waals surface area contributed by atoms with Crippen LogP contribution in [0.4, 0.5) is 13.2 Å². The zero-order chi connectivity index (χ0) is 14.8. The topological polar surface area (TPSA) is 42.0 Å². The Bertz CT molecular complexity index is 493. The van der Waals surface area contributed by atoms with Gasteiger partial charge < -0.3 is 5.32 Å². The average molecular weight is 351 g/mol. The Morgan fingerprint density at radius 2 is 2.00 bits per heavy atom. The minimum Gasteiger partial charge on any atom is -0.349 e. The van der Waals surface area contributed by atoms with Crippen LogP contribution in [0.25, 0.3) is 0 Å². The van der Waals surface area contributed by atoms with E-state index < -0.39 is 24.0 Å². The molecule has 0 spiro atoms. The van der Waals surface area contributed by atoms with Gasteiger partial charge in [0.05, 0.1) is 11.5 Å². The number of nitrogens with one attached hydrogen (secondary N) is 1. The largest absolute Gasteiger partial charge is 0.393 e. The van der Waals surface area contributed by atoms with E-state index in [2.05, 4.69) is 26.2 Å². The van der Waals surface area contributed by atoms with Crippen LogP contribution in [0, 0.1) is 5.92 Å². The molecule has 1 aromatic heterocycles. The lowest BCUT2D eigenvalue weighted by atomic mass is 9.84. The molecule has 0 aromatic carbocycles. The van der Waals surface area contributed by atoms with Crippen LogP contribution >= 0.6 is 15.9 Å². The summed E-state index contributed by atoms with van der Waals surface area (Å²) in [7, 11) is 0. The van der Waals surface area contributed by atoms with E-state index in [-0.39, 0.29) is 12.0 Å². The maximum absolute atomic E-state index is 12.9. The SMILES string of the molecule is O=C(NC1CCCCC1C(F)(F)F)c1cncc(Br)c1. The smallest absolute Gasteiger partial charge is 0.349 e. The summed E-state index contributed by atoms with van der Waals surface area (Å²) in [6, 6.07) is 0.684. The number of aromatic nitrogens is 1. The number of nitrogens with zero attached hydrogens (tertiary/aromatic N) is 1. The summed E-state index contributed by atoms with van der Waals surface area (Å²) in [4.78, 5) is 15.8. The first-order valence-electron chi connectivity index (χ1n) is 6.36. The third-order valence-corrected chi connectivity index (χ3v) is 3.90. The predicted octanol–water partition coefficient (Wildman–Crippen LogP) is 3.70. The molecule has 0 radical (unpaired) electrons. The first-order valence-corrected chi connectivity index (χ1v) is 7.15. The summed E-state index contributed by atoms with van der Waals surface area (Å²) in [5, 5.41) is 2.50. The first-order chi connectivity index (χ1) is 9.38. The van der Waals surface area contributed by atoms with E-state index in [0.717, 1.165) is 0 Å². The van der Waals surface area contributed by atoms with Gasteiger partial charge in [0.2, 0.25) is 0 Å². The molecule has 1 amide bonds. The molecule has 0 aliphatic heterocycles. The molecular weight excluding hydrogens is 337 g/mol. The maximum Gasteiger partial charge on any atom is 0.393 e. The predicted molar refractivity (Wildman–Crippen MR) is 71.2 cm³/mol. The molecular formula is C13H14BrF3N2O. The van der Waals surface area contributed by atoms with E-state index in [1.807, 2.05) is 0 Å². The fraction of sp³-hybridized carbons (Fsp3) is 0.538.